The van der Waals surface area contributed by atoms with Crippen LogP contribution in [0.2, 0.25) is 0 Å². The molecule has 17 nitrogen and oxygen atoms in total. The van der Waals surface area contributed by atoms with Crippen molar-refractivity contribution in [3.63, 3.8) is 0 Å². The summed E-state index contributed by atoms with van der Waals surface area (Å²) in [5.74, 6) is 0.433. The number of rotatable bonds is 10. The lowest BCUT2D eigenvalue weighted by Crippen LogP contribution is -2.62. The van der Waals surface area contributed by atoms with Crippen molar-refractivity contribution in [2.45, 2.75) is 19.1 Å². The number of fused-ring (bicyclic) bond motifs is 1. The molecule has 0 aliphatic carbocycles. The van der Waals surface area contributed by atoms with Crippen molar-refractivity contribution in [2.24, 2.45) is 7.05 Å². The van der Waals surface area contributed by atoms with Crippen molar-refractivity contribution in [3.8, 4) is 16.9 Å². The van der Waals surface area contributed by atoms with Crippen molar-refractivity contribution in [2.75, 3.05) is 36.0 Å². The summed E-state index contributed by atoms with van der Waals surface area (Å²) in [4.78, 5) is 17.4. The molecule has 2 aromatic carbocycles. The van der Waals surface area contributed by atoms with Gasteiger partial charge < -0.3 is 50.6 Å². The molecule has 242 valence electrons. The Balaban J connectivity index is 1.60. The number of ether oxygens (including phenoxy) is 1. The minimum absolute atomic E-state index is 0.0203. The molecular formula is C28H32N9O8P. The summed E-state index contributed by atoms with van der Waals surface area (Å²) < 4.78 is 20.3. The molecule has 0 amide bonds. The highest BCUT2D eigenvalue weighted by Gasteiger charge is 2.46. The van der Waals surface area contributed by atoms with Gasteiger partial charge in [0.15, 0.2) is 0 Å². The smallest absolute Gasteiger partial charge is 0.375 e. The van der Waals surface area contributed by atoms with Gasteiger partial charge in [-0.2, -0.15) is 10.1 Å². The largest absolute Gasteiger partial charge is 0.494 e. The van der Waals surface area contributed by atoms with Crippen LogP contribution >= 0.6 is 7.14 Å². The predicted molar refractivity (Wildman–Crippen MR) is 168 cm³/mol. The molecule has 5 rings (SSSR count). The van der Waals surface area contributed by atoms with E-state index in [9.17, 15) is 35.2 Å². The first-order chi connectivity index (χ1) is 21.5. The van der Waals surface area contributed by atoms with Gasteiger partial charge in [-0.15, -0.1) is 0 Å². The molecule has 0 aliphatic heterocycles. The molecule has 0 radical (unpaired) electrons. The summed E-state index contributed by atoms with van der Waals surface area (Å²) in [5, 5.41) is 70.5. The summed E-state index contributed by atoms with van der Waals surface area (Å²) in [6.45, 7) is 5.06. The van der Waals surface area contributed by atoms with E-state index in [-0.39, 0.29) is 27.8 Å². The van der Waals surface area contributed by atoms with Crippen molar-refractivity contribution >= 4 is 52.3 Å². The van der Waals surface area contributed by atoms with Crippen LogP contribution in [0.5, 0.6) is 5.75 Å². The SMILES string of the molecule is COc1cc(N(C(O)(O)O)C(O)(O)O)c(-c2cnn(C)c2)cc1Nc1ncc(C)c(Nc2ccc3nccnc3c2P(C)(C)=O)n1. The fourth-order valence-electron chi connectivity index (χ4n) is 4.88. The normalized spacial score (nSPS) is 12.3. The van der Waals surface area contributed by atoms with Crippen LogP contribution < -0.4 is 25.6 Å². The minimum Gasteiger partial charge on any atom is -0.494 e. The monoisotopic (exact) mass is 653 g/mol. The number of hydrogen-bond acceptors (Lipinski definition) is 16. The highest BCUT2D eigenvalue weighted by molar-refractivity contribution is 7.71. The average Bonchev–Trinajstić information content (AvgIpc) is 3.38. The quantitative estimate of drug-likeness (QED) is 0.0769. The Bertz CT molecular complexity index is 1950. The molecule has 0 saturated heterocycles. The number of aliphatic hydroxyl groups is 6. The van der Waals surface area contributed by atoms with Gasteiger partial charge >= 0.3 is 12.2 Å². The molecule has 0 fully saturated rings. The molecule has 0 aliphatic rings. The van der Waals surface area contributed by atoms with Gasteiger partial charge in [-0.3, -0.25) is 14.6 Å². The van der Waals surface area contributed by atoms with Crippen LogP contribution in [0.4, 0.5) is 28.8 Å². The molecule has 5 aromatic rings. The zero-order chi connectivity index (χ0) is 33.6. The van der Waals surface area contributed by atoms with E-state index in [4.69, 9.17) is 4.74 Å². The minimum atomic E-state index is -3.94. The molecule has 0 unspecified atom stereocenters. The summed E-state index contributed by atoms with van der Waals surface area (Å²) in [7, 11) is 0.0420. The van der Waals surface area contributed by atoms with E-state index in [2.05, 4.69) is 35.7 Å². The molecule has 0 bridgehead atoms. The number of hydrogen-bond donors (Lipinski definition) is 8. The lowest BCUT2D eigenvalue weighted by atomic mass is 10.0. The Morgan fingerprint density at radius 1 is 0.935 bits per heavy atom. The van der Waals surface area contributed by atoms with Gasteiger partial charge in [0.25, 0.3) is 0 Å². The van der Waals surface area contributed by atoms with E-state index < -0.39 is 25.0 Å². The van der Waals surface area contributed by atoms with Crippen LogP contribution in [0, 0.1) is 6.92 Å². The zero-order valence-electron chi connectivity index (χ0n) is 25.3. The molecule has 18 heteroatoms. The summed E-state index contributed by atoms with van der Waals surface area (Å²) in [6.07, 6.45) is -0.342. The standard InChI is InChI=1S/C28H32N9O8P/c1-15-12-31-26(35-25(15)33-19-7-6-18-23(30-9-8-29-18)24(19)46(4,5)44)34-20-10-17(16-13-32-36(2)14-16)21(11-22(20)45-3)37(27(38,39)40)28(41,42)43/h6-14,38-43H,1-5H3,(H2,31,33,34,35). The highest BCUT2D eigenvalue weighted by atomic mass is 31.2. The van der Waals surface area contributed by atoms with Crippen molar-refractivity contribution in [3.05, 3.63) is 60.8 Å². The Morgan fingerprint density at radius 2 is 1.63 bits per heavy atom. The van der Waals surface area contributed by atoms with Crippen molar-refractivity contribution in [1.82, 2.24) is 29.7 Å². The molecule has 8 N–H and O–H groups in total. The first kappa shape index (κ1) is 32.6. The number of aromatic nitrogens is 6. The summed E-state index contributed by atoms with van der Waals surface area (Å²) >= 11 is 0. The highest BCUT2D eigenvalue weighted by Crippen LogP contribution is 2.43. The van der Waals surface area contributed by atoms with Gasteiger partial charge in [-0.05, 0) is 38.5 Å². The van der Waals surface area contributed by atoms with Crippen LogP contribution in [0.1, 0.15) is 5.56 Å². The molecule has 46 heavy (non-hydrogen) atoms. The Hall–Kier alpha value is -4.74. The van der Waals surface area contributed by atoms with E-state index in [1.54, 1.807) is 51.8 Å². The third-order valence-corrected chi connectivity index (χ3v) is 8.33. The van der Waals surface area contributed by atoms with Gasteiger partial charge in [-0.1, -0.05) is 0 Å². The van der Waals surface area contributed by atoms with E-state index in [1.165, 1.54) is 36.4 Å². The second-order valence-electron chi connectivity index (χ2n) is 10.7. The zero-order valence-corrected chi connectivity index (χ0v) is 26.2. The fourth-order valence-corrected chi connectivity index (χ4v) is 6.27. The Labute approximate surface area is 261 Å². The number of nitrogens with one attached hydrogen (secondary N) is 2. The third-order valence-electron chi connectivity index (χ3n) is 6.80. The molecular weight excluding hydrogens is 621 g/mol. The first-order valence-corrected chi connectivity index (χ1v) is 16.1. The molecule has 0 spiro atoms. The number of methoxy groups -OCH3 is 1. The fraction of sp³-hybridized carbons (Fsp3) is 0.250. The maximum absolute atomic E-state index is 13.4. The second-order valence-corrected chi connectivity index (χ2v) is 13.9. The number of nitrogens with zero attached hydrogens (tertiary/aromatic N) is 7. The maximum Gasteiger partial charge on any atom is 0.375 e. The van der Waals surface area contributed by atoms with Crippen molar-refractivity contribution < 1.29 is 39.9 Å². The third kappa shape index (κ3) is 6.61. The van der Waals surface area contributed by atoms with Crippen LogP contribution in [0.25, 0.3) is 22.2 Å². The van der Waals surface area contributed by atoms with E-state index in [0.717, 1.165) is 6.07 Å². The Morgan fingerprint density at radius 3 is 2.24 bits per heavy atom. The lowest BCUT2D eigenvalue weighted by Gasteiger charge is -2.38. The number of aryl methyl sites for hydroxylation is 2. The van der Waals surface area contributed by atoms with E-state index in [0.29, 0.717) is 39.0 Å². The molecule has 0 saturated carbocycles. The van der Waals surface area contributed by atoms with E-state index in [1.807, 2.05) is 0 Å². The van der Waals surface area contributed by atoms with Gasteiger partial charge in [0.05, 0.1) is 41.2 Å². The van der Waals surface area contributed by atoms with Crippen LogP contribution in [0.15, 0.2) is 55.2 Å². The molecule has 3 aromatic heterocycles. The van der Waals surface area contributed by atoms with Crippen LogP contribution in [-0.4, -0.2) is 93.0 Å². The first-order valence-electron chi connectivity index (χ1n) is 13.5. The van der Waals surface area contributed by atoms with Gasteiger partial charge in [0.1, 0.15) is 24.2 Å². The van der Waals surface area contributed by atoms with Gasteiger partial charge in [0.2, 0.25) is 5.95 Å². The number of anilines is 5. The van der Waals surface area contributed by atoms with E-state index >= 15 is 0 Å². The van der Waals surface area contributed by atoms with Crippen molar-refractivity contribution in [1.29, 1.82) is 0 Å². The van der Waals surface area contributed by atoms with Gasteiger partial charge in [-0.25, -0.2) is 9.88 Å². The topological polar surface area (TPSA) is 244 Å². The maximum atomic E-state index is 13.4. The van der Waals surface area contributed by atoms with Gasteiger partial charge in [0, 0.05) is 54.6 Å². The second kappa shape index (κ2) is 11.9. The van der Waals surface area contributed by atoms with Crippen LogP contribution in [0.3, 0.4) is 0 Å². The summed E-state index contributed by atoms with van der Waals surface area (Å²) in [6, 6.07) is 6.02. The van der Waals surface area contributed by atoms with Crippen LogP contribution in [-0.2, 0) is 11.6 Å². The Kier molecular flexibility index (Phi) is 8.43. The predicted octanol–water partition coefficient (Wildman–Crippen LogP) is 0.855. The molecule has 3 heterocycles. The number of benzene rings is 2. The lowest BCUT2D eigenvalue weighted by molar-refractivity contribution is -0.395. The summed E-state index contributed by atoms with van der Waals surface area (Å²) in [5.41, 5.74) is 2.36. The molecule has 0 atom stereocenters. The average molecular weight is 654 g/mol.